The monoisotopic (exact) mass is 639 g/mol. The Morgan fingerprint density at radius 3 is 1.49 bits per heavy atom. The smallest absolute Gasteiger partial charge is 0.460 e. The van der Waals surface area contributed by atoms with Crippen molar-refractivity contribution < 1.29 is 80.2 Å². The molecule has 0 radical (unpaired) electrons. The van der Waals surface area contributed by atoms with Crippen molar-refractivity contribution in [3.05, 3.63) is 0 Å². The second kappa shape index (κ2) is 13.5. The fourth-order valence-corrected chi connectivity index (χ4v) is 3.20. The summed E-state index contributed by atoms with van der Waals surface area (Å²) >= 11 is 0. The maximum atomic E-state index is 14.2. The number of amides is 1. The van der Waals surface area contributed by atoms with E-state index in [0.29, 0.717) is 12.8 Å². The van der Waals surface area contributed by atoms with Crippen molar-refractivity contribution in [2.45, 2.75) is 113 Å². The Kier molecular flexibility index (Phi) is 12.8. The van der Waals surface area contributed by atoms with Crippen LogP contribution in [0.3, 0.4) is 0 Å². The zero-order valence-electron chi connectivity index (χ0n) is 21.7. The Morgan fingerprint density at radius 1 is 0.634 bits per heavy atom. The molecule has 0 fully saturated rings. The Balaban J connectivity index is 6.05. The number of rotatable bonds is 17. The lowest BCUT2D eigenvalue weighted by molar-refractivity contribution is -0.449. The largest absolute Gasteiger partial charge is 0.464 e. The van der Waals surface area contributed by atoms with Gasteiger partial charge in [-0.15, -0.1) is 0 Å². The number of unbranched alkanes of at least 4 members (excludes halogenated alkanes) is 5. The molecule has 19 heteroatoms. The van der Waals surface area contributed by atoms with E-state index in [1.165, 1.54) is 13.8 Å². The highest BCUT2D eigenvalue weighted by Crippen LogP contribution is 2.62. The lowest BCUT2D eigenvalue weighted by Crippen LogP contribution is -2.74. The van der Waals surface area contributed by atoms with Crippen LogP contribution < -0.4 is 5.32 Å². The van der Waals surface area contributed by atoms with Gasteiger partial charge in [-0.2, -0.15) is 65.9 Å². The first-order valence-electron chi connectivity index (χ1n) is 12.0. The number of esters is 1. The molecule has 0 aliphatic heterocycles. The van der Waals surface area contributed by atoms with Crippen LogP contribution in [-0.2, 0) is 14.3 Å². The zero-order chi connectivity index (χ0) is 32.9. The van der Waals surface area contributed by atoms with Crippen LogP contribution in [-0.4, -0.2) is 66.2 Å². The molecule has 0 saturated carbocycles. The van der Waals surface area contributed by atoms with Crippen LogP contribution in [0, 0.1) is 5.92 Å². The molecule has 0 heterocycles. The summed E-state index contributed by atoms with van der Waals surface area (Å²) < 4.78 is 205. The fraction of sp³-hybridized carbons (Fsp3) is 0.909. The van der Waals surface area contributed by atoms with Crippen molar-refractivity contribution in [1.29, 1.82) is 0 Å². The maximum absolute atomic E-state index is 14.2. The maximum Gasteiger partial charge on any atom is 0.460 e. The summed E-state index contributed by atoms with van der Waals surface area (Å²) in [6.07, 6.45) is -4.37. The molecule has 244 valence electrons. The molecule has 0 bridgehead atoms. The summed E-state index contributed by atoms with van der Waals surface area (Å²) in [6.45, 7) is 4.11. The number of hydrogen-bond acceptors (Lipinski definition) is 3. The van der Waals surface area contributed by atoms with Crippen LogP contribution in [0.15, 0.2) is 0 Å². The minimum atomic E-state index is -8.51. The summed E-state index contributed by atoms with van der Waals surface area (Å²) in [5.41, 5.74) is 0. The van der Waals surface area contributed by atoms with E-state index in [-0.39, 0.29) is 13.0 Å². The predicted molar refractivity (Wildman–Crippen MR) is 111 cm³/mol. The van der Waals surface area contributed by atoms with Gasteiger partial charge in [-0.3, -0.25) is 4.79 Å². The summed E-state index contributed by atoms with van der Waals surface area (Å²) in [4.78, 5) is 24.0. The third-order valence-corrected chi connectivity index (χ3v) is 5.65. The summed E-state index contributed by atoms with van der Waals surface area (Å²) in [5.74, 6) is -54.6. The molecular formula is C22H28F15NO3. The number of nitrogens with one attached hydrogen (secondary N) is 1. The minimum Gasteiger partial charge on any atom is -0.464 e. The number of carbonyl (C=O) groups is 2. The van der Waals surface area contributed by atoms with Crippen molar-refractivity contribution in [2.24, 2.45) is 5.92 Å². The Labute approximate surface area is 224 Å². The van der Waals surface area contributed by atoms with Gasteiger partial charge in [-0.1, -0.05) is 52.9 Å². The highest BCUT2D eigenvalue weighted by Gasteiger charge is 2.94. The van der Waals surface area contributed by atoms with Gasteiger partial charge < -0.3 is 10.1 Å². The molecule has 0 aromatic heterocycles. The zero-order valence-corrected chi connectivity index (χ0v) is 21.7. The molecule has 1 unspecified atom stereocenters. The normalized spacial score (nSPS) is 15.2. The number of carbonyl (C=O) groups excluding carboxylic acids is 2. The number of ether oxygens (including phenoxy) is 1. The van der Waals surface area contributed by atoms with Gasteiger partial charge in [0.05, 0.1) is 6.61 Å². The van der Waals surface area contributed by atoms with Gasteiger partial charge in [-0.25, -0.2) is 4.79 Å². The lowest BCUT2D eigenvalue weighted by Gasteiger charge is -2.41. The van der Waals surface area contributed by atoms with E-state index < -0.39 is 72.0 Å². The predicted octanol–water partition coefficient (Wildman–Crippen LogP) is 7.80. The molecule has 0 aromatic rings. The van der Waals surface area contributed by atoms with E-state index in [1.807, 2.05) is 6.92 Å². The lowest BCUT2D eigenvalue weighted by atomic mass is 9.90. The van der Waals surface area contributed by atoms with Crippen LogP contribution in [0.2, 0.25) is 0 Å². The van der Waals surface area contributed by atoms with E-state index in [0.717, 1.165) is 24.6 Å². The highest BCUT2D eigenvalue weighted by molar-refractivity contribution is 5.89. The van der Waals surface area contributed by atoms with E-state index in [2.05, 4.69) is 0 Å². The van der Waals surface area contributed by atoms with Crippen molar-refractivity contribution in [3.8, 4) is 0 Å². The van der Waals surface area contributed by atoms with Gasteiger partial charge in [0.15, 0.2) is 0 Å². The minimum absolute atomic E-state index is 0.212. The van der Waals surface area contributed by atoms with Crippen LogP contribution in [0.5, 0.6) is 0 Å². The first-order chi connectivity index (χ1) is 18.2. The molecular weight excluding hydrogens is 611 g/mol. The van der Waals surface area contributed by atoms with Gasteiger partial charge >= 0.3 is 47.7 Å². The molecule has 41 heavy (non-hydrogen) atoms. The van der Waals surface area contributed by atoms with Crippen molar-refractivity contribution in [2.75, 3.05) is 6.61 Å². The fourth-order valence-electron chi connectivity index (χ4n) is 3.20. The molecule has 0 saturated heterocycles. The third kappa shape index (κ3) is 7.84. The van der Waals surface area contributed by atoms with E-state index in [1.54, 1.807) is 0 Å². The SMILES string of the molecule is CCCCCCCCOC(=O)C(CC(C)C)NC(=O)C(F)(F)C(F)(F)C(F)(F)C(F)(F)C(F)(F)C(F)(F)C(F)(F)F. The second-order valence-electron chi connectivity index (χ2n) is 9.53. The first kappa shape index (κ1) is 38.9. The molecule has 0 spiro atoms. The molecule has 4 nitrogen and oxygen atoms in total. The summed E-state index contributed by atoms with van der Waals surface area (Å²) in [6, 6.07) is -2.30. The standard InChI is InChI=1S/C22H28F15NO3/c1-4-5-6-7-8-9-10-41-14(39)13(11-12(2)3)38-15(40)16(23,24)17(25,26)18(27,28)19(29,30)20(31,32)21(33,34)22(35,36)37/h12-13H,4-11H2,1-3H3,(H,38,40). The molecule has 1 N–H and O–H groups in total. The quantitative estimate of drug-likeness (QED) is 0.100. The third-order valence-electron chi connectivity index (χ3n) is 5.65. The van der Waals surface area contributed by atoms with Gasteiger partial charge in [0.1, 0.15) is 6.04 Å². The highest BCUT2D eigenvalue weighted by atomic mass is 19.4. The van der Waals surface area contributed by atoms with Crippen molar-refractivity contribution >= 4 is 11.9 Å². The van der Waals surface area contributed by atoms with Gasteiger partial charge in [0, 0.05) is 0 Å². The van der Waals surface area contributed by atoms with Gasteiger partial charge in [0.2, 0.25) is 0 Å². The number of halogens is 15. The second-order valence-corrected chi connectivity index (χ2v) is 9.53. The Hall–Kier alpha value is -2.11. The molecule has 1 amide bonds. The van der Waals surface area contributed by atoms with E-state index in [9.17, 15) is 75.4 Å². The van der Waals surface area contributed by atoms with Crippen molar-refractivity contribution in [1.82, 2.24) is 5.32 Å². The van der Waals surface area contributed by atoms with Gasteiger partial charge in [-0.05, 0) is 18.8 Å². The molecule has 0 aliphatic carbocycles. The topological polar surface area (TPSA) is 55.4 Å². The molecule has 1 atom stereocenters. The van der Waals surface area contributed by atoms with E-state index in [4.69, 9.17) is 4.74 Å². The Morgan fingerprint density at radius 2 is 1.05 bits per heavy atom. The van der Waals surface area contributed by atoms with Crippen LogP contribution >= 0.6 is 0 Å². The number of alkyl halides is 15. The van der Waals surface area contributed by atoms with Crippen LogP contribution in [0.1, 0.15) is 65.7 Å². The van der Waals surface area contributed by atoms with E-state index >= 15 is 0 Å². The number of hydrogen-bond donors (Lipinski definition) is 1. The average Bonchev–Trinajstić information content (AvgIpc) is 2.81. The van der Waals surface area contributed by atoms with Crippen LogP contribution in [0.25, 0.3) is 0 Å². The molecule has 0 aromatic carbocycles. The van der Waals surface area contributed by atoms with Crippen LogP contribution in [0.4, 0.5) is 65.9 Å². The average molecular weight is 639 g/mol. The first-order valence-corrected chi connectivity index (χ1v) is 12.0. The van der Waals surface area contributed by atoms with Gasteiger partial charge in [0.25, 0.3) is 5.91 Å². The Bertz CT molecular complexity index is 873. The van der Waals surface area contributed by atoms with Crippen molar-refractivity contribution in [3.63, 3.8) is 0 Å². The molecule has 0 aliphatic rings. The summed E-state index contributed by atoms with van der Waals surface area (Å²) in [5, 5.41) is 0.843. The molecule has 0 rings (SSSR count). The summed E-state index contributed by atoms with van der Waals surface area (Å²) in [7, 11) is 0.